The molecule has 1 atom stereocenters. The summed E-state index contributed by atoms with van der Waals surface area (Å²) in [4.78, 5) is 23.2. The van der Waals surface area contributed by atoms with Crippen LogP contribution < -0.4 is 16.4 Å². The molecule has 0 fully saturated rings. The molecule has 0 radical (unpaired) electrons. The fourth-order valence-corrected chi connectivity index (χ4v) is 1.66. The number of nitrogens with two attached hydrogens (primary N) is 1. The van der Waals surface area contributed by atoms with E-state index in [-0.39, 0.29) is 11.8 Å². The fraction of sp³-hybridized carbons (Fsp3) is 0.429. The first-order valence-corrected chi connectivity index (χ1v) is 6.46. The molecule has 6 nitrogen and oxygen atoms in total. The van der Waals surface area contributed by atoms with Crippen LogP contribution in [0.1, 0.15) is 23.2 Å². The molecule has 6 heteroatoms. The van der Waals surface area contributed by atoms with Gasteiger partial charge >= 0.3 is 0 Å². The number of carbonyl (C=O) groups is 2. The van der Waals surface area contributed by atoms with Crippen LogP contribution in [0.25, 0.3) is 0 Å². The zero-order chi connectivity index (χ0) is 15.0. The lowest BCUT2D eigenvalue weighted by Crippen LogP contribution is -2.35. The topological polar surface area (TPSA) is 93.5 Å². The van der Waals surface area contributed by atoms with Crippen molar-refractivity contribution < 1.29 is 14.3 Å². The fourth-order valence-electron chi connectivity index (χ4n) is 1.66. The molecule has 0 spiro atoms. The maximum atomic E-state index is 11.8. The van der Waals surface area contributed by atoms with Gasteiger partial charge in [0.25, 0.3) is 5.91 Å². The molecule has 2 amide bonds. The van der Waals surface area contributed by atoms with Crippen LogP contribution in [0.5, 0.6) is 0 Å². The molecular weight excluding hydrogens is 258 g/mol. The van der Waals surface area contributed by atoms with Crippen LogP contribution in [0.3, 0.4) is 0 Å². The number of anilines is 1. The summed E-state index contributed by atoms with van der Waals surface area (Å²) in [6, 6.07) is 6.06. The van der Waals surface area contributed by atoms with Crippen molar-refractivity contribution in [2.75, 3.05) is 26.1 Å². The molecule has 110 valence electrons. The van der Waals surface area contributed by atoms with E-state index in [1.165, 1.54) is 0 Å². The first-order valence-electron chi connectivity index (χ1n) is 6.46. The van der Waals surface area contributed by atoms with Crippen molar-refractivity contribution in [2.45, 2.75) is 18.9 Å². The highest BCUT2D eigenvalue weighted by Crippen LogP contribution is 2.10. The third-order valence-corrected chi connectivity index (χ3v) is 2.84. The average molecular weight is 279 g/mol. The Morgan fingerprint density at radius 3 is 2.50 bits per heavy atom. The Hall–Kier alpha value is -1.92. The third kappa shape index (κ3) is 4.99. The first kappa shape index (κ1) is 16.1. The van der Waals surface area contributed by atoms with E-state index in [2.05, 4.69) is 10.6 Å². The highest BCUT2D eigenvalue weighted by atomic mass is 16.5. The Bertz CT molecular complexity index is 445. The number of carbonyl (C=O) groups excluding carboxylic acids is 2. The number of nitrogens with one attached hydrogen (secondary N) is 2. The summed E-state index contributed by atoms with van der Waals surface area (Å²) in [5.74, 6) is -0.409. The lowest BCUT2D eigenvalue weighted by molar-refractivity contribution is -0.117. The van der Waals surface area contributed by atoms with Gasteiger partial charge in [0.2, 0.25) is 5.91 Å². The smallest absolute Gasteiger partial charge is 0.251 e. The van der Waals surface area contributed by atoms with Gasteiger partial charge in [-0.15, -0.1) is 0 Å². The quantitative estimate of drug-likeness (QED) is 0.642. The number of rotatable bonds is 7. The Morgan fingerprint density at radius 1 is 1.30 bits per heavy atom. The summed E-state index contributed by atoms with van der Waals surface area (Å²) in [5, 5.41) is 5.25. The summed E-state index contributed by atoms with van der Waals surface area (Å²) in [6.07, 6.45) is 1.30. The Balaban J connectivity index is 2.51. The number of hydrogen-bond acceptors (Lipinski definition) is 4. The number of ether oxygens (including phenoxy) is 1. The minimum atomic E-state index is -0.566. The van der Waals surface area contributed by atoms with E-state index in [0.717, 1.165) is 6.42 Å². The second kappa shape index (κ2) is 8.29. The van der Waals surface area contributed by atoms with Crippen LogP contribution in [0, 0.1) is 0 Å². The second-order valence-electron chi connectivity index (χ2n) is 4.39. The van der Waals surface area contributed by atoms with Gasteiger partial charge in [0.15, 0.2) is 0 Å². The van der Waals surface area contributed by atoms with Gasteiger partial charge in [0, 0.05) is 32.0 Å². The van der Waals surface area contributed by atoms with Crippen molar-refractivity contribution >= 4 is 17.5 Å². The molecule has 0 saturated heterocycles. The van der Waals surface area contributed by atoms with Gasteiger partial charge in [0.1, 0.15) is 0 Å². The highest BCUT2D eigenvalue weighted by Gasteiger charge is 2.13. The molecular formula is C14H21N3O3. The van der Waals surface area contributed by atoms with E-state index < -0.39 is 6.04 Å². The molecule has 1 rings (SSSR count). The first-order chi connectivity index (χ1) is 9.58. The number of methoxy groups -OCH3 is 1. The second-order valence-corrected chi connectivity index (χ2v) is 4.39. The molecule has 0 saturated carbocycles. The molecule has 0 aliphatic carbocycles. The summed E-state index contributed by atoms with van der Waals surface area (Å²) in [6.45, 7) is 0.585. The Kier molecular flexibility index (Phi) is 6.69. The van der Waals surface area contributed by atoms with Crippen molar-refractivity contribution in [3.8, 4) is 0 Å². The lowest BCUT2D eigenvalue weighted by Gasteiger charge is -2.12. The third-order valence-electron chi connectivity index (χ3n) is 2.84. The number of hydrogen-bond donors (Lipinski definition) is 3. The molecule has 4 N–H and O–H groups in total. The van der Waals surface area contributed by atoms with Crippen molar-refractivity contribution in [1.82, 2.24) is 5.32 Å². The van der Waals surface area contributed by atoms with Crippen LogP contribution in [0.15, 0.2) is 24.3 Å². The highest BCUT2D eigenvalue weighted by molar-refractivity contribution is 5.96. The minimum absolute atomic E-state index is 0.167. The molecule has 20 heavy (non-hydrogen) atoms. The summed E-state index contributed by atoms with van der Waals surface area (Å²) >= 11 is 0. The van der Waals surface area contributed by atoms with E-state index in [1.54, 1.807) is 38.4 Å². The van der Waals surface area contributed by atoms with Crippen LogP contribution in [-0.4, -0.2) is 38.6 Å². The number of amides is 2. The van der Waals surface area contributed by atoms with Crippen LogP contribution in [-0.2, 0) is 9.53 Å². The van der Waals surface area contributed by atoms with Gasteiger partial charge in [-0.3, -0.25) is 9.59 Å². The molecule has 0 bridgehead atoms. The van der Waals surface area contributed by atoms with Gasteiger partial charge in [0.05, 0.1) is 6.04 Å². The van der Waals surface area contributed by atoms with Gasteiger partial charge in [-0.25, -0.2) is 0 Å². The van der Waals surface area contributed by atoms with Crippen LogP contribution >= 0.6 is 0 Å². The molecule has 0 aliphatic heterocycles. The van der Waals surface area contributed by atoms with Gasteiger partial charge in [-0.1, -0.05) is 0 Å². The molecule has 0 heterocycles. The normalized spacial score (nSPS) is 11.8. The molecule has 0 aromatic heterocycles. The monoisotopic (exact) mass is 279 g/mol. The van der Waals surface area contributed by atoms with E-state index in [9.17, 15) is 9.59 Å². The summed E-state index contributed by atoms with van der Waals surface area (Å²) in [5.41, 5.74) is 6.93. The minimum Gasteiger partial charge on any atom is -0.385 e. The average Bonchev–Trinajstić information content (AvgIpc) is 2.47. The lowest BCUT2D eigenvalue weighted by atomic mass is 10.1. The number of benzene rings is 1. The van der Waals surface area contributed by atoms with Crippen molar-refractivity contribution in [3.05, 3.63) is 29.8 Å². The largest absolute Gasteiger partial charge is 0.385 e. The maximum absolute atomic E-state index is 11.8. The Morgan fingerprint density at radius 2 is 1.95 bits per heavy atom. The Labute approximate surface area is 118 Å². The molecule has 0 aliphatic rings. The predicted octanol–water partition coefficient (Wildman–Crippen LogP) is 0.739. The van der Waals surface area contributed by atoms with Gasteiger partial charge < -0.3 is 21.1 Å². The summed E-state index contributed by atoms with van der Waals surface area (Å²) < 4.78 is 4.91. The van der Waals surface area contributed by atoms with Crippen molar-refractivity contribution in [2.24, 2.45) is 5.73 Å². The molecule has 1 aromatic carbocycles. The SMILES string of the molecule is CNC(=O)c1ccc(NC(=O)C(N)CCCOC)cc1. The van der Waals surface area contributed by atoms with Crippen molar-refractivity contribution in [3.63, 3.8) is 0 Å². The van der Waals surface area contributed by atoms with Gasteiger partial charge in [-0.2, -0.15) is 0 Å². The zero-order valence-corrected chi connectivity index (χ0v) is 11.8. The van der Waals surface area contributed by atoms with E-state index in [4.69, 9.17) is 10.5 Å². The van der Waals surface area contributed by atoms with E-state index in [0.29, 0.717) is 24.3 Å². The zero-order valence-electron chi connectivity index (χ0n) is 11.8. The van der Waals surface area contributed by atoms with E-state index >= 15 is 0 Å². The molecule has 1 unspecified atom stereocenters. The summed E-state index contributed by atoms with van der Waals surface area (Å²) in [7, 11) is 3.18. The van der Waals surface area contributed by atoms with Crippen LogP contribution in [0.2, 0.25) is 0 Å². The molecule has 1 aromatic rings. The van der Waals surface area contributed by atoms with E-state index in [1.807, 2.05) is 0 Å². The predicted molar refractivity (Wildman–Crippen MR) is 77.5 cm³/mol. The van der Waals surface area contributed by atoms with Gasteiger partial charge in [-0.05, 0) is 37.1 Å². The standard InChI is InChI=1S/C14H21N3O3/c1-16-13(18)10-5-7-11(8-6-10)17-14(19)12(15)4-3-9-20-2/h5-8,12H,3-4,9,15H2,1-2H3,(H,16,18)(H,17,19). The maximum Gasteiger partial charge on any atom is 0.251 e. The van der Waals surface area contributed by atoms with Crippen molar-refractivity contribution in [1.29, 1.82) is 0 Å². The van der Waals surface area contributed by atoms with Crippen LogP contribution in [0.4, 0.5) is 5.69 Å².